The Morgan fingerprint density at radius 2 is 0.854 bits per heavy atom. The van der Waals surface area contributed by atoms with Crippen LogP contribution in [0.3, 0.4) is 0 Å². The van der Waals surface area contributed by atoms with Crippen molar-refractivity contribution in [2.45, 2.75) is 97.2 Å². The van der Waals surface area contributed by atoms with Crippen LogP contribution in [0.4, 0.5) is 0 Å². The SMILES string of the molecule is C.C.C.C.Cc1ccc(C(=O)CCCSc2nc3c([nH]2)c(=S)n(C)c(=O)n3C)cc1.Cn1c(=O)c2[nH]c(Cc3ccc(OCc4ccccc4)cc3)nc2n(C)c1=O.Cn1c(=S)c2[nH]c(CSCc3ccccc3)nc2n(C)c1=O.Cn1c(=S)c2[nH]c(SCCCc3ccccc3)nc2n(C)c1=O. The number of carbonyl (C=O) groups excluding carboxylic acids is 1. The minimum atomic E-state index is -0.393. The Morgan fingerprint density at radius 1 is 0.437 bits per heavy atom. The zero-order valence-corrected chi connectivity index (χ0v) is 60.9. The molecule has 0 saturated heterocycles. The molecule has 5 aromatic carbocycles. The number of imidazole rings is 4. The summed E-state index contributed by atoms with van der Waals surface area (Å²) in [6.45, 7) is 2.52. The van der Waals surface area contributed by atoms with E-state index < -0.39 is 5.69 Å². The first-order chi connectivity index (χ1) is 47.6. The zero-order valence-electron chi connectivity index (χ0n) is 56.0. The van der Waals surface area contributed by atoms with E-state index in [1.54, 1.807) is 72.9 Å². The molecule has 0 bridgehead atoms. The van der Waals surface area contributed by atoms with Crippen molar-refractivity contribution in [1.29, 1.82) is 0 Å². The highest BCUT2D eigenvalue weighted by Gasteiger charge is 2.17. The number of hydrogen-bond donors (Lipinski definition) is 4. The molecule has 0 aliphatic rings. The zero-order chi connectivity index (χ0) is 70.6. The molecule has 0 unspecified atom stereocenters. The van der Waals surface area contributed by atoms with Gasteiger partial charge in [0.05, 0.1) is 5.75 Å². The van der Waals surface area contributed by atoms with Crippen LogP contribution >= 0.6 is 71.9 Å². The minimum Gasteiger partial charge on any atom is -0.489 e. The second-order valence-electron chi connectivity index (χ2n) is 23.3. The largest absolute Gasteiger partial charge is 0.489 e. The third-order valence-electron chi connectivity index (χ3n) is 16.2. The van der Waals surface area contributed by atoms with Crippen LogP contribution in [-0.4, -0.2) is 93.7 Å². The summed E-state index contributed by atoms with van der Waals surface area (Å²) in [5.74, 6) is 5.79. The topological polar surface area (TPSA) is 266 Å². The number of aromatic amines is 4. The van der Waals surface area contributed by atoms with Crippen molar-refractivity contribution < 1.29 is 9.53 Å². The summed E-state index contributed by atoms with van der Waals surface area (Å²) < 4.78 is 18.5. The van der Waals surface area contributed by atoms with Gasteiger partial charge in [-0.3, -0.25) is 46.1 Å². The van der Waals surface area contributed by atoms with Gasteiger partial charge in [0.2, 0.25) is 0 Å². The maximum absolute atomic E-state index is 12.3. The van der Waals surface area contributed by atoms with E-state index in [1.807, 2.05) is 110 Å². The number of benzene rings is 5. The van der Waals surface area contributed by atoms with Crippen LogP contribution in [-0.2, 0) is 87.3 Å². The van der Waals surface area contributed by atoms with E-state index in [1.165, 1.54) is 61.9 Å². The van der Waals surface area contributed by atoms with Crippen LogP contribution in [0.1, 0.15) is 98.8 Å². The molecule has 0 atom stereocenters. The standard InChI is InChI=1S/C21H20N4O3.C18H20N4O2S2.C16H18N4OS2.C15H16N4OS2.4CH4/c1-24-19-18(20(26)25(2)21(24)27)22-17(23-19)12-14-8-10-16(11-9-14)28-13-15-6-4-3-5-7-15;1-11-6-8-12(9-7-11)13(23)5-4-10-26-17-19-14-15(20-17)21(2)18(24)22(3)16(14)25;1-19-13-12(14(22)20(2)16(19)21)17-15(18-13)23-10-6-9-11-7-4-3-5-8-11;1-18-13-12(14(21)19(2)15(18)20)16-11(17-13)9-22-8-10-6-4-3-5-7-10;;;;/h3-11H,12-13H2,1-2H3,(H,22,23);6-9H,4-5,10H2,1-3H3,(H,19,20);3-5,7-8H,6,9-10H2,1-2H3,(H,17,18);3-7H,8-9H2,1-2H3,(H,16,17);4*1H4. The Morgan fingerprint density at radius 3 is 1.36 bits per heavy atom. The normalized spacial score (nSPS) is 10.7. The number of fused-ring (bicyclic) bond motifs is 4. The molecule has 8 aromatic heterocycles. The van der Waals surface area contributed by atoms with E-state index in [2.05, 4.69) is 76.3 Å². The summed E-state index contributed by atoms with van der Waals surface area (Å²) in [6.07, 6.45) is 3.88. The average Bonchev–Trinajstić information content (AvgIpc) is 1.65. The molecule has 0 radical (unpaired) electrons. The molecule has 0 fully saturated rings. The molecule has 544 valence electrons. The van der Waals surface area contributed by atoms with Crippen molar-refractivity contribution in [3.05, 3.63) is 251 Å². The van der Waals surface area contributed by atoms with Crippen molar-refractivity contribution in [3.8, 4) is 5.75 Å². The van der Waals surface area contributed by atoms with Crippen molar-refractivity contribution in [2.24, 2.45) is 56.4 Å². The molecule has 103 heavy (non-hydrogen) atoms. The number of Topliss-reactive ketones (excluding diaryl/α,β-unsaturated/α-hetero) is 1. The number of ketones is 1. The van der Waals surface area contributed by atoms with E-state index in [-0.39, 0.29) is 58.1 Å². The van der Waals surface area contributed by atoms with Crippen LogP contribution in [0.5, 0.6) is 5.75 Å². The van der Waals surface area contributed by atoms with Gasteiger partial charge in [-0.05, 0) is 60.6 Å². The van der Waals surface area contributed by atoms with Gasteiger partial charge in [-0.1, -0.05) is 223 Å². The molecular formula is C74H90N16O7S6. The molecule has 29 heteroatoms. The molecular weight excluding hydrogens is 1420 g/mol. The fourth-order valence-corrected chi connectivity index (χ4v) is 13.6. The third-order valence-corrected chi connectivity index (χ3v) is 20.5. The van der Waals surface area contributed by atoms with Gasteiger partial charge in [0.15, 0.2) is 38.7 Å². The summed E-state index contributed by atoms with van der Waals surface area (Å²) in [5.41, 5.74) is 10.0. The highest BCUT2D eigenvalue weighted by Crippen LogP contribution is 2.24. The number of carbonyl (C=O) groups is 1. The van der Waals surface area contributed by atoms with Gasteiger partial charge in [-0.2, -0.15) is 0 Å². The van der Waals surface area contributed by atoms with Crippen LogP contribution in [0.2, 0.25) is 0 Å². The lowest BCUT2D eigenvalue weighted by atomic mass is 10.1. The lowest BCUT2D eigenvalue weighted by Crippen LogP contribution is -2.36. The van der Waals surface area contributed by atoms with Crippen molar-refractivity contribution in [2.75, 3.05) is 11.5 Å². The van der Waals surface area contributed by atoms with Gasteiger partial charge in [0, 0.05) is 92.0 Å². The Bertz CT molecular complexity index is 5550. The average molecular weight is 1510 g/mol. The summed E-state index contributed by atoms with van der Waals surface area (Å²) in [6, 6.07) is 46.1. The van der Waals surface area contributed by atoms with Gasteiger partial charge < -0.3 is 24.7 Å². The van der Waals surface area contributed by atoms with Gasteiger partial charge in [0.1, 0.15) is 60.0 Å². The Kier molecular flexibility index (Phi) is 30.1. The van der Waals surface area contributed by atoms with E-state index in [0.717, 1.165) is 96.9 Å². The van der Waals surface area contributed by atoms with Gasteiger partial charge in [0.25, 0.3) is 5.56 Å². The van der Waals surface area contributed by atoms with Gasteiger partial charge in [-0.15, -0.1) is 11.8 Å². The Labute approximate surface area is 625 Å². The number of rotatable bonds is 20. The van der Waals surface area contributed by atoms with E-state index in [9.17, 15) is 28.8 Å². The lowest BCUT2D eigenvalue weighted by Gasteiger charge is -2.07. The first-order valence-corrected chi connectivity index (χ1v) is 35.8. The molecule has 0 amide bonds. The number of hydrogen-bond acceptors (Lipinski definition) is 17. The van der Waals surface area contributed by atoms with E-state index in [4.69, 9.17) is 41.4 Å². The Balaban J connectivity index is 0.000000214. The van der Waals surface area contributed by atoms with Crippen molar-refractivity contribution in [3.63, 3.8) is 0 Å². The first kappa shape index (κ1) is 82.4. The first-order valence-electron chi connectivity index (χ1n) is 31.4. The van der Waals surface area contributed by atoms with Gasteiger partial charge in [-0.25, -0.2) is 39.1 Å². The number of H-pyrrole nitrogens is 4. The predicted octanol–water partition coefficient (Wildman–Crippen LogP) is 13.9. The van der Waals surface area contributed by atoms with E-state index >= 15 is 0 Å². The predicted molar refractivity (Wildman–Crippen MR) is 429 cm³/mol. The molecule has 23 nitrogen and oxygen atoms in total. The second kappa shape index (κ2) is 37.6. The van der Waals surface area contributed by atoms with Crippen molar-refractivity contribution in [1.82, 2.24) is 76.4 Å². The fraction of sp³-hybridized carbons (Fsp3) is 0.311. The summed E-state index contributed by atoms with van der Waals surface area (Å²) >= 11 is 20.9. The number of aromatic nitrogens is 16. The van der Waals surface area contributed by atoms with E-state index in [0.29, 0.717) is 78.0 Å². The molecule has 0 aliphatic heterocycles. The molecule has 13 rings (SSSR count). The number of thioether (sulfide) groups is 3. The fourth-order valence-electron chi connectivity index (χ4n) is 10.5. The number of nitrogens with one attached hydrogen (secondary N) is 4. The minimum absolute atomic E-state index is 0. The van der Waals surface area contributed by atoms with Crippen LogP contribution < -0.4 is 33.1 Å². The highest BCUT2D eigenvalue weighted by atomic mass is 32.2. The quantitative estimate of drug-likeness (QED) is 0.0239. The monoisotopic (exact) mass is 1510 g/mol. The molecule has 13 aromatic rings. The maximum Gasteiger partial charge on any atom is 0.332 e. The third kappa shape index (κ3) is 19.8. The Hall–Kier alpha value is -9.52. The molecule has 0 spiro atoms. The summed E-state index contributed by atoms with van der Waals surface area (Å²) in [5, 5.41) is 1.51. The second-order valence-corrected chi connectivity index (χ2v) is 27.6. The summed E-state index contributed by atoms with van der Waals surface area (Å²) in [4.78, 5) is 103. The number of nitrogens with zero attached hydrogens (tertiary/aromatic N) is 12. The van der Waals surface area contributed by atoms with Crippen LogP contribution in [0.15, 0.2) is 174 Å². The van der Waals surface area contributed by atoms with Gasteiger partial charge >= 0.3 is 22.8 Å². The maximum atomic E-state index is 12.3. The highest BCUT2D eigenvalue weighted by molar-refractivity contribution is 7.99. The van der Waals surface area contributed by atoms with Crippen molar-refractivity contribution >= 4 is 122 Å². The van der Waals surface area contributed by atoms with Crippen LogP contribution in [0.25, 0.3) is 44.7 Å². The molecule has 0 aliphatic carbocycles. The number of aryl methyl sites for hydroxylation is 6. The molecule has 8 heterocycles. The molecule has 4 N–H and O–H groups in total. The lowest BCUT2D eigenvalue weighted by molar-refractivity contribution is 0.0982. The number of ether oxygens (including phenoxy) is 1. The molecule has 0 saturated carbocycles. The smallest absolute Gasteiger partial charge is 0.332 e. The summed E-state index contributed by atoms with van der Waals surface area (Å²) in [7, 11) is 13.2. The van der Waals surface area contributed by atoms with Crippen LogP contribution in [0, 0.1) is 20.8 Å².